The minimum Gasteiger partial charge on any atom is -0.493 e. The lowest BCUT2D eigenvalue weighted by molar-refractivity contribution is -0.116. The predicted octanol–water partition coefficient (Wildman–Crippen LogP) is 2.63. The van der Waals surface area contributed by atoms with Crippen LogP contribution in [0.25, 0.3) is 6.08 Å². The number of methoxy groups -OCH3 is 2. The van der Waals surface area contributed by atoms with Gasteiger partial charge in [0.15, 0.2) is 11.5 Å². The summed E-state index contributed by atoms with van der Waals surface area (Å²) in [6.45, 7) is 0.404. The Bertz CT molecular complexity index is 617. The van der Waals surface area contributed by atoms with Crippen molar-refractivity contribution in [1.29, 1.82) is 0 Å². The zero-order valence-corrected chi connectivity index (χ0v) is 12.0. The zero-order valence-electron chi connectivity index (χ0n) is 12.0. The van der Waals surface area contributed by atoms with E-state index in [0.717, 1.165) is 5.56 Å². The minimum atomic E-state index is -0.193. The highest BCUT2D eigenvalue weighted by molar-refractivity contribution is 5.91. The van der Waals surface area contributed by atoms with Gasteiger partial charge in [-0.2, -0.15) is 0 Å². The summed E-state index contributed by atoms with van der Waals surface area (Å²) in [4.78, 5) is 11.7. The molecule has 0 saturated heterocycles. The molecule has 5 heteroatoms. The monoisotopic (exact) mass is 287 g/mol. The van der Waals surface area contributed by atoms with Gasteiger partial charge >= 0.3 is 0 Å². The second kappa shape index (κ2) is 7.19. The lowest BCUT2D eigenvalue weighted by Crippen LogP contribution is -2.20. The fourth-order valence-corrected chi connectivity index (χ4v) is 1.78. The van der Waals surface area contributed by atoms with Crippen molar-refractivity contribution in [3.63, 3.8) is 0 Å². The molecule has 0 fully saturated rings. The quantitative estimate of drug-likeness (QED) is 0.830. The van der Waals surface area contributed by atoms with Crippen LogP contribution in [-0.4, -0.2) is 20.1 Å². The van der Waals surface area contributed by atoms with Crippen LogP contribution in [0.1, 0.15) is 11.3 Å². The number of rotatable bonds is 6. The van der Waals surface area contributed by atoms with Crippen LogP contribution >= 0.6 is 0 Å². The van der Waals surface area contributed by atoms with Crippen molar-refractivity contribution < 1.29 is 18.7 Å². The highest BCUT2D eigenvalue weighted by atomic mass is 16.5. The van der Waals surface area contributed by atoms with E-state index in [2.05, 4.69) is 5.32 Å². The third-order valence-corrected chi connectivity index (χ3v) is 2.86. The summed E-state index contributed by atoms with van der Waals surface area (Å²) < 4.78 is 15.5. The molecule has 1 aromatic heterocycles. The first-order chi connectivity index (χ1) is 10.2. The Hall–Kier alpha value is -2.69. The molecular formula is C16H17NO4. The van der Waals surface area contributed by atoms with E-state index in [1.165, 1.54) is 6.08 Å². The lowest BCUT2D eigenvalue weighted by Gasteiger charge is -2.09. The summed E-state index contributed by atoms with van der Waals surface area (Å²) in [5.74, 6) is 1.73. The molecule has 0 aliphatic heterocycles. The minimum absolute atomic E-state index is 0.193. The van der Waals surface area contributed by atoms with Crippen molar-refractivity contribution in [1.82, 2.24) is 5.32 Å². The van der Waals surface area contributed by atoms with Gasteiger partial charge in [-0.05, 0) is 35.9 Å². The largest absolute Gasteiger partial charge is 0.493 e. The molecule has 0 aliphatic carbocycles. The van der Waals surface area contributed by atoms with E-state index in [1.807, 2.05) is 12.1 Å². The second-order valence-electron chi connectivity index (χ2n) is 4.26. The summed E-state index contributed by atoms with van der Waals surface area (Å²) in [5.41, 5.74) is 0.924. The van der Waals surface area contributed by atoms with Crippen LogP contribution in [0.4, 0.5) is 0 Å². The normalized spacial score (nSPS) is 10.6. The number of hydrogen-bond acceptors (Lipinski definition) is 4. The standard InChI is InChI=1S/C16H17NO4/c1-19-14-7-5-12(10-15(14)20-2)11-17-16(18)8-6-13-4-3-9-21-13/h3-10H,11H2,1-2H3,(H,17,18)/b8-6+. The zero-order chi connectivity index (χ0) is 15.1. The first-order valence-electron chi connectivity index (χ1n) is 6.43. The number of carbonyl (C=O) groups is 1. The first kappa shape index (κ1) is 14.7. The van der Waals surface area contributed by atoms with E-state index in [0.29, 0.717) is 23.8 Å². The van der Waals surface area contributed by atoms with Gasteiger partial charge in [0.05, 0.1) is 20.5 Å². The van der Waals surface area contributed by atoms with Gasteiger partial charge in [-0.3, -0.25) is 4.79 Å². The van der Waals surface area contributed by atoms with Crippen molar-refractivity contribution in [2.75, 3.05) is 14.2 Å². The summed E-state index contributed by atoms with van der Waals surface area (Å²) in [6, 6.07) is 9.05. The molecule has 0 unspecified atom stereocenters. The molecule has 1 heterocycles. The van der Waals surface area contributed by atoms with Crippen LogP contribution < -0.4 is 14.8 Å². The maximum absolute atomic E-state index is 11.7. The van der Waals surface area contributed by atoms with E-state index in [9.17, 15) is 4.79 Å². The molecule has 0 atom stereocenters. The lowest BCUT2D eigenvalue weighted by atomic mass is 10.2. The molecule has 0 radical (unpaired) electrons. The van der Waals surface area contributed by atoms with Gasteiger partial charge in [0, 0.05) is 12.6 Å². The van der Waals surface area contributed by atoms with Crippen molar-refractivity contribution >= 4 is 12.0 Å². The molecule has 0 spiro atoms. The summed E-state index contributed by atoms with van der Waals surface area (Å²) in [7, 11) is 3.16. The summed E-state index contributed by atoms with van der Waals surface area (Å²) in [6.07, 6.45) is 4.60. The van der Waals surface area contributed by atoms with E-state index in [1.54, 1.807) is 44.8 Å². The number of amides is 1. The molecule has 0 bridgehead atoms. The number of nitrogens with one attached hydrogen (secondary N) is 1. The number of furan rings is 1. The molecule has 2 aromatic rings. The Balaban J connectivity index is 1.92. The van der Waals surface area contributed by atoms with Gasteiger partial charge in [0.25, 0.3) is 0 Å². The van der Waals surface area contributed by atoms with Crippen LogP contribution in [0.2, 0.25) is 0 Å². The average Bonchev–Trinajstić information content (AvgIpc) is 3.04. The van der Waals surface area contributed by atoms with Gasteiger partial charge in [-0.1, -0.05) is 6.07 Å². The topological polar surface area (TPSA) is 60.7 Å². The van der Waals surface area contributed by atoms with Crippen molar-refractivity contribution in [2.24, 2.45) is 0 Å². The fourth-order valence-electron chi connectivity index (χ4n) is 1.78. The number of benzene rings is 1. The molecule has 21 heavy (non-hydrogen) atoms. The van der Waals surface area contributed by atoms with Gasteiger partial charge in [-0.15, -0.1) is 0 Å². The third-order valence-electron chi connectivity index (χ3n) is 2.86. The highest BCUT2D eigenvalue weighted by Gasteiger charge is 2.05. The maximum Gasteiger partial charge on any atom is 0.244 e. The fraction of sp³-hybridized carbons (Fsp3) is 0.188. The van der Waals surface area contributed by atoms with Gasteiger partial charge in [-0.25, -0.2) is 0 Å². The third kappa shape index (κ3) is 4.14. The number of hydrogen-bond donors (Lipinski definition) is 1. The van der Waals surface area contributed by atoms with E-state index in [-0.39, 0.29) is 5.91 Å². The Morgan fingerprint density at radius 3 is 2.71 bits per heavy atom. The summed E-state index contributed by atoms with van der Waals surface area (Å²) >= 11 is 0. The highest BCUT2D eigenvalue weighted by Crippen LogP contribution is 2.27. The van der Waals surface area contributed by atoms with Gasteiger partial charge in [0.2, 0.25) is 5.91 Å². The van der Waals surface area contributed by atoms with Crippen LogP contribution in [0.5, 0.6) is 11.5 Å². The Kier molecular flexibility index (Phi) is 5.04. The van der Waals surface area contributed by atoms with Crippen LogP contribution in [0.15, 0.2) is 47.1 Å². The molecular weight excluding hydrogens is 270 g/mol. The van der Waals surface area contributed by atoms with Gasteiger partial charge in [0.1, 0.15) is 5.76 Å². The van der Waals surface area contributed by atoms with Crippen molar-refractivity contribution in [3.05, 3.63) is 54.0 Å². The molecule has 2 rings (SSSR count). The maximum atomic E-state index is 11.7. The van der Waals surface area contributed by atoms with Crippen molar-refractivity contribution in [3.8, 4) is 11.5 Å². The smallest absolute Gasteiger partial charge is 0.244 e. The van der Waals surface area contributed by atoms with Crippen LogP contribution in [0, 0.1) is 0 Å². The van der Waals surface area contributed by atoms with E-state index < -0.39 is 0 Å². The molecule has 0 saturated carbocycles. The average molecular weight is 287 g/mol. The first-order valence-corrected chi connectivity index (χ1v) is 6.43. The number of ether oxygens (including phenoxy) is 2. The van der Waals surface area contributed by atoms with Gasteiger partial charge < -0.3 is 19.2 Å². The summed E-state index contributed by atoms with van der Waals surface area (Å²) in [5, 5.41) is 2.79. The Morgan fingerprint density at radius 2 is 2.05 bits per heavy atom. The second-order valence-corrected chi connectivity index (χ2v) is 4.26. The van der Waals surface area contributed by atoms with E-state index >= 15 is 0 Å². The van der Waals surface area contributed by atoms with E-state index in [4.69, 9.17) is 13.9 Å². The molecule has 1 amide bonds. The van der Waals surface area contributed by atoms with Crippen molar-refractivity contribution in [2.45, 2.75) is 6.54 Å². The van der Waals surface area contributed by atoms with Crippen LogP contribution in [-0.2, 0) is 11.3 Å². The Morgan fingerprint density at radius 1 is 1.24 bits per heavy atom. The molecule has 1 N–H and O–H groups in total. The molecule has 1 aromatic carbocycles. The number of carbonyl (C=O) groups excluding carboxylic acids is 1. The van der Waals surface area contributed by atoms with Crippen LogP contribution in [0.3, 0.4) is 0 Å². The SMILES string of the molecule is COc1ccc(CNC(=O)/C=C/c2ccco2)cc1OC. The molecule has 5 nitrogen and oxygen atoms in total. The molecule has 110 valence electrons. The molecule has 0 aliphatic rings. The predicted molar refractivity (Wildman–Crippen MR) is 79.1 cm³/mol. The Labute approximate surface area is 123 Å².